The van der Waals surface area contributed by atoms with Crippen LogP contribution in [-0.2, 0) is 10.0 Å². The number of aromatic nitrogens is 1. The van der Waals surface area contributed by atoms with Crippen LogP contribution >= 0.6 is 11.3 Å². The zero-order valence-electron chi connectivity index (χ0n) is 14.4. The van der Waals surface area contributed by atoms with Crippen LogP contribution in [0.25, 0.3) is 0 Å². The molecule has 2 aromatic carbocycles. The highest BCUT2D eigenvalue weighted by atomic mass is 32.2. The van der Waals surface area contributed by atoms with Crippen molar-refractivity contribution in [3.63, 3.8) is 0 Å². The van der Waals surface area contributed by atoms with E-state index in [-0.39, 0.29) is 10.8 Å². The molecule has 0 bridgehead atoms. The summed E-state index contributed by atoms with van der Waals surface area (Å²) in [5, 5.41) is 4.91. The predicted molar refractivity (Wildman–Crippen MR) is 105 cm³/mol. The summed E-state index contributed by atoms with van der Waals surface area (Å²) in [5.41, 5.74) is 0.721. The van der Waals surface area contributed by atoms with Crippen molar-refractivity contribution >= 4 is 38.1 Å². The monoisotopic (exact) mass is 417 g/mol. The third-order valence-electron chi connectivity index (χ3n) is 3.88. The minimum absolute atomic E-state index is 0.0577. The van der Waals surface area contributed by atoms with Gasteiger partial charge < -0.3 is 9.47 Å². The normalized spacial score (nSPS) is 13.0. The molecule has 0 fully saturated rings. The van der Waals surface area contributed by atoms with E-state index in [4.69, 9.17) is 9.47 Å². The summed E-state index contributed by atoms with van der Waals surface area (Å²) in [7, 11) is -3.82. The van der Waals surface area contributed by atoms with Crippen LogP contribution in [0.2, 0.25) is 0 Å². The fourth-order valence-electron chi connectivity index (χ4n) is 2.55. The molecule has 0 unspecified atom stereocenters. The van der Waals surface area contributed by atoms with Crippen molar-refractivity contribution in [3.8, 4) is 11.5 Å². The zero-order chi connectivity index (χ0) is 19.6. The Morgan fingerprint density at radius 3 is 2.50 bits per heavy atom. The average Bonchev–Trinajstić information content (AvgIpc) is 3.21. The van der Waals surface area contributed by atoms with E-state index in [0.717, 1.165) is 0 Å². The second-order valence-electron chi connectivity index (χ2n) is 5.78. The second-order valence-corrected chi connectivity index (χ2v) is 8.36. The van der Waals surface area contributed by atoms with Crippen LogP contribution in [0.5, 0.6) is 11.5 Å². The molecule has 10 heteroatoms. The van der Waals surface area contributed by atoms with Gasteiger partial charge in [0.25, 0.3) is 15.9 Å². The van der Waals surface area contributed by atoms with Gasteiger partial charge in [0.1, 0.15) is 13.2 Å². The lowest BCUT2D eigenvalue weighted by molar-refractivity contribution is 0.102. The van der Waals surface area contributed by atoms with Crippen LogP contribution in [0, 0.1) is 0 Å². The summed E-state index contributed by atoms with van der Waals surface area (Å²) in [6, 6.07) is 10.5. The largest absolute Gasteiger partial charge is 0.486 e. The predicted octanol–water partition coefficient (Wildman–Crippen LogP) is 2.97. The maximum absolute atomic E-state index is 12.6. The summed E-state index contributed by atoms with van der Waals surface area (Å²) >= 11 is 1.31. The summed E-state index contributed by atoms with van der Waals surface area (Å²) in [4.78, 5) is 16.2. The van der Waals surface area contributed by atoms with Crippen molar-refractivity contribution in [2.45, 2.75) is 4.90 Å². The Kier molecular flexibility index (Phi) is 4.88. The minimum Gasteiger partial charge on any atom is -0.486 e. The minimum atomic E-state index is -3.82. The van der Waals surface area contributed by atoms with Gasteiger partial charge in [0, 0.05) is 28.9 Å². The van der Waals surface area contributed by atoms with Crippen molar-refractivity contribution < 1.29 is 22.7 Å². The summed E-state index contributed by atoms with van der Waals surface area (Å²) in [5.74, 6) is 0.584. The fourth-order valence-corrected chi connectivity index (χ4v) is 4.15. The Morgan fingerprint density at radius 1 is 1.04 bits per heavy atom. The van der Waals surface area contributed by atoms with Crippen LogP contribution in [-0.4, -0.2) is 32.5 Å². The number of fused-ring (bicyclic) bond motifs is 1. The van der Waals surface area contributed by atoms with E-state index in [1.165, 1.54) is 47.7 Å². The number of amides is 1. The molecule has 3 aromatic rings. The average molecular weight is 417 g/mol. The lowest BCUT2D eigenvalue weighted by Gasteiger charge is -2.19. The van der Waals surface area contributed by atoms with Gasteiger partial charge in [-0.3, -0.25) is 14.8 Å². The van der Waals surface area contributed by atoms with E-state index in [0.29, 0.717) is 41.1 Å². The van der Waals surface area contributed by atoms with Gasteiger partial charge in [-0.1, -0.05) is 0 Å². The molecule has 0 radical (unpaired) electrons. The lowest BCUT2D eigenvalue weighted by atomic mass is 10.2. The van der Waals surface area contributed by atoms with Gasteiger partial charge in [-0.05, 0) is 36.4 Å². The summed E-state index contributed by atoms with van der Waals surface area (Å²) < 4.78 is 38.6. The van der Waals surface area contributed by atoms with Gasteiger partial charge in [-0.2, -0.15) is 0 Å². The Labute approximate surface area is 165 Å². The number of rotatable bonds is 5. The van der Waals surface area contributed by atoms with E-state index in [1.807, 2.05) is 0 Å². The van der Waals surface area contributed by atoms with E-state index < -0.39 is 10.0 Å². The number of anilines is 2. The molecule has 8 nitrogen and oxygen atoms in total. The Morgan fingerprint density at radius 2 is 1.79 bits per heavy atom. The fraction of sp³-hybridized carbons (Fsp3) is 0.111. The maximum Gasteiger partial charge on any atom is 0.262 e. The zero-order valence-corrected chi connectivity index (χ0v) is 16.0. The van der Waals surface area contributed by atoms with Crippen molar-refractivity contribution in [3.05, 3.63) is 59.6 Å². The first kappa shape index (κ1) is 18.3. The van der Waals surface area contributed by atoms with Crippen LogP contribution < -0.4 is 19.5 Å². The Balaban J connectivity index is 1.48. The van der Waals surface area contributed by atoms with Gasteiger partial charge in [-0.25, -0.2) is 13.4 Å². The SMILES string of the molecule is O=C(Nc1nccs1)c1ccc(NS(=O)(=O)c2ccc3c(c2)OCCO3)cc1. The van der Waals surface area contributed by atoms with Gasteiger partial charge >= 0.3 is 0 Å². The van der Waals surface area contributed by atoms with E-state index in [9.17, 15) is 13.2 Å². The molecule has 4 rings (SSSR count). The first-order valence-electron chi connectivity index (χ1n) is 8.25. The van der Waals surface area contributed by atoms with Crippen molar-refractivity contribution in [1.82, 2.24) is 4.98 Å². The van der Waals surface area contributed by atoms with Crippen LogP contribution in [0.1, 0.15) is 10.4 Å². The smallest absolute Gasteiger partial charge is 0.262 e. The molecular weight excluding hydrogens is 402 g/mol. The van der Waals surface area contributed by atoms with Gasteiger partial charge in [0.2, 0.25) is 0 Å². The van der Waals surface area contributed by atoms with Gasteiger partial charge in [0.15, 0.2) is 16.6 Å². The molecule has 1 amide bonds. The second kappa shape index (κ2) is 7.49. The molecule has 0 atom stereocenters. The highest BCUT2D eigenvalue weighted by Crippen LogP contribution is 2.32. The molecule has 1 aliphatic rings. The number of benzene rings is 2. The number of carbonyl (C=O) groups is 1. The van der Waals surface area contributed by atoms with E-state index in [1.54, 1.807) is 17.6 Å². The van der Waals surface area contributed by atoms with E-state index in [2.05, 4.69) is 15.0 Å². The number of nitrogens with zero attached hydrogens (tertiary/aromatic N) is 1. The molecule has 0 saturated heterocycles. The summed E-state index contributed by atoms with van der Waals surface area (Å²) in [6.45, 7) is 0.800. The van der Waals surface area contributed by atoms with Crippen LogP contribution in [0.15, 0.2) is 58.9 Å². The molecule has 0 spiro atoms. The standard InChI is InChI=1S/C18H15N3O5S2/c22-17(20-18-19-7-10-27-18)12-1-3-13(4-2-12)21-28(23,24)14-5-6-15-16(11-14)26-9-8-25-15/h1-7,10-11,21H,8-9H2,(H,19,20,22). The lowest BCUT2D eigenvalue weighted by Crippen LogP contribution is -2.17. The summed E-state index contributed by atoms with van der Waals surface area (Å²) in [6.07, 6.45) is 1.59. The van der Waals surface area contributed by atoms with E-state index >= 15 is 0 Å². The highest BCUT2D eigenvalue weighted by molar-refractivity contribution is 7.92. The Bertz CT molecular complexity index is 1100. The van der Waals surface area contributed by atoms with Crippen molar-refractivity contribution in [2.75, 3.05) is 23.3 Å². The number of carbonyl (C=O) groups excluding carboxylic acids is 1. The number of hydrogen-bond donors (Lipinski definition) is 2. The molecule has 144 valence electrons. The molecule has 0 aliphatic carbocycles. The third-order valence-corrected chi connectivity index (χ3v) is 5.94. The van der Waals surface area contributed by atoms with Gasteiger partial charge in [0.05, 0.1) is 4.90 Å². The molecule has 1 aromatic heterocycles. The Hall–Kier alpha value is -3.11. The van der Waals surface area contributed by atoms with Crippen LogP contribution in [0.3, 0.4) is 0 Å². The molecular formula is C18H15N3O5S2. The molecule has 2 N–H and O–H groups in total. The highest BCUT2D eigenvalue weighted by Gasteiger charge is 2.19. The quantitative estimate of drug-likeness (QED) is 0.661. The molecule has 0 saturated carbocycles. The number of hydrogen-bond acceptors (Lipinski definition) is 7. The third kappa shape index (κ3) is 3.92. The first-order valence-corrected chi connectivity index (χ1v) is 10.6. The van der Waals surface area contributed by atoms with Crippen molar-refractivity contribution in [1.29, 1.82) is 0 Å². The topological polar surface area (TPSA) is 107 Å². The number of sulfonamides is 1. The van der Waals surface area contributed by atoms with Gasteiger partial charge in [-0.15, -0.1) is 11.3 Å². The van der Waals surface area contributed by atoms with Crippen molar-refractivity contribution in [2.24, 2.45) is 0 Å². The number of nitrogens with one attached hydrogen (secondary N) is 2. The first-order chi connectivity index (χ1) is 13.5. The number of thiazole rings is 1. The maximum atomic E-state index is 12.6. The molecule has 1 aliphatic heterocycles. The molecule has 28 heavy (non-hydrogen) atoms. The molecule has 2 heterocycles. The number of ether oxygens (including phenoxy) is 2. The van der Waals surface area contributed by atoms with Crippen LogP contribution in [0.4, 0.5) is 10.8 Å².